The predicted molar refractivity (Wildman–Crippen MR) is 131 cm³/mol. The van der Waals surface area contributed by atoms with E-state index in [9.17, 15) is 13.7 Å². The van der Waals surface area contributed by atoms with Gasteiger partial charge in [0.2, 0.25) is 9.84 Å². The van der Waals surface area contributed by atoms with Crippen molar-refractivity contribution in [3.63, 3.8) is 0 Å². The molecule has 0 radical (unpaired) electrons. The first-order valence-corrected chi connectivity index (χ1v) is 12.2. The average molecular weight is 523 g/mol. The number of methoxy groups -OCH3 is 1. The average Bonchev–Trinajstić information content (AvgIpc) is 2.80. The maximum atomic E-state index is 12.9. The first-order valence-electron chi connectivity index (χ1n) is 9.54. The summed E-state index contributed by atoms with van der Waals surface area (Å²) in [6.45, 7) is 1.89. The van der Waals surface area contributed by atoms with E-state index in [2.05, 4.69) is 0 Å². The van der Waals surface area contributed by atoms with Gasteiger partial charge in [0.25, 0.3) is 0 Å². The van der Waals surface area contributed by atoms with Gasteiger partial charge in [0.05, 0.1) is 22.1 Å². The zero-order valence-corrected chi connectivity index (χ0v) is 20.7. The Morgan fingerprint density at radius 1 is 1.00 bits per heavy atom. The molecule has 0 aliphatic carbocycles. The minimum atomic E-state index is -3.97. The summed E-state index contributed by atoms with van der Waals surface area (Å²) in [5, 5.41) is 10.6. The van der Waals surface area contributed by atoms with Crippen molar-refractivity contribution < 1.29 is 17.9 Å². The first kappa shape index (κ1) is 24.9. The van der Waals surface area contributed by atoms with Gasteiger partial charge in [-0.25, -0.2) is 8.42 Å². The zero-order valence-electron chi connectivity index (χ0n) is 17.6. The lowest BCUT2D eigenvalue weighted by atomic mass is 10.2. The molecule has 0 heterocycles. The van der Waals surface area contributed by atoms with E-state index in [1.54, 1.807) is 48.5 Å². The van der Waals surface area contributed by atoms with Crippen molar-refractivity contribution in [1.82, 2.24) is 0 Å². The number of ether oxygens (including phenoxy) is 2. The number of nitriles is 1. The largest absolute Gasteiger partial charge is 0.493 e. The number of rotatable bonds is 7. The van der Waals surface area contributed by atoms with Crippen LogP contribution in [0.15, 0.2) is 64.4 Å². The summed E-state index contributed by atoms with van der Waals surface area (Å²) < 4.78 is 36.9. The summed E-state index contributed by atoms with van der Waals surface area (Å²) in [4.78, 5) is -0.345. The maximum Gasteiger partial charge on any atom is 0.216 e. The minimum absolute atomic E-state index is 0.0367. The third-order valence-corrected chi connectivity index (χ3v) is 7.61. The third kappa shape index (κ3) is 5.63. The van der Waals surface area contributed by atoms with E-state index < -0.39 is 9.84 Å². The van der Waals surface area contributed by atoms with Gasteiger partial charge in [-0.2, -0.15) is 5.26 Å². The van der Waals surface area contributed by atoms with E-state index in [0.29, 0.717) is 37.7 Å². The van der Waals surface area contributed by atoms with Crippen LogP contribution in [0.4, 0.5) is 0 Å². The van der Waals surface area contributed by atoms with Crippen LogP contribution in [0, 0.1) is 18.3 Å². The van der Waals surface area contributed by atoms with E-state index in [1.165, 1.54) is 25.3 Å². The van der Waals surface area contributed by atoms with Gasteiger partial charge in [0.1, 0.15) is 17.6 Å². The van der Waals surface area contributed by atoms with Gasteiger partial charge < -0.3 is 9.47 Å². The number of allylic oxidation sites excluding steroid dienone is 1. The molecule has 0 atom stereocenters. The van der Waals surface area contributed by atoms with Crippen LogP contribution in [0.5, 0.6) is 11.5 Å². The molecule has 170 valence electrons. The van der Waals surface area contributed by atoms with Crippen LogP contribution < -0.4 is 9.47 Å². The van der Waals surface area contributed by atoms with Crippen molar-refractivity contribution in [2.75, 3.05) is 7.11 Å². The van der Waals surface area contributed by atoms with Crippen molar-refractivity contribution in [2.24, 2.45) is 0 Å². The van der Waals surface area contributed by atoms with Crippen molar-refractivity contribution >= 4 is 50.7 Å². The van der Waals surface area contributed by atoms with Gasteiger partial charge in [-0.3, -0.25) is 0 Å². The Morgan fingerprint density at radius 3 is 2.30 bits per heavy atom. The molecular formula is C24H18Cl3NO4S. The lowest BCUT2D eigenvalue weighted by molar-refractivity contribution is 0.284. The highest BCUT2D eigenvalue weighted by molar-refractivity contribution is 7.95. The number of benzene rings is 3. The second kappa shape index (κ2) is 10.5. The first-order chi connectivity index (χ1) is 15.7. The van der Waals surface area contributed by atoms with Gasteiger partial charge >= 0.3 is 0 Å². The highest BCUT2D eigenvalue weighted by atomic mass is 35.5. The van der Waals surface area contributed by atoms with Crippen LogP contribution in [0.2, 0.25) is 15.1 Å². The molecule has 0 aliphatic heterocycles. The van der Waals surface area contributed by atoms with Crippen LogP contribution in [-0.2, 0) is 16.4 Å². The van der Waals surface area contributed by atoms with E-state index in [-0.39, 0.29) is 16.4 Å². The Labute approximate surface area is 207 Å². The number of hydrogen-bond acceptors (Lipinski definition) is 5. The van der Waals surface area contributed by atoms with Crippen LogP contribution in [-0.4, -0.2) is 15.5 Å². The minimum Gasteiger partial charge on any atom is -0.493 e. The Hall–Kier alpha value is -2.69. The standard InChI is InChI=1S/C24H18Cl3NO4S/c1-15-3-6-17(7-4-15)33(29,30)18(13-28)11-16-5-10-22(23(12-16)31-2)32-14-19-20(25)8-9-21(26)24(19)27/h3-12H,14H2,1-2H3. The molecule has 33 heavy (non-hydrogen) atoms. The molecule has 0 aromatic heterocycles. The normalized spacial score (nSPS) is 11.7. The van der Waals surface area contributed by atoms with Crippen molar-refractivity contribution in [1.29, 1.82) is 5.26 Å². The Morgan fingerprint density at radius 2 is 1.67 bits per heavy atom. The fraction of sp³-hybridized carbons (Fsp3) is 0.125. The Kier molecular flexibility index (Phi) is 7.93. The monoisotopic (exact) mass is 521 g/mol. The van der Waals surface area contributed by atoms with Gasteiger partial charge in [0.15, 0.2) is 11.5 Å². The van der Waals surface area contributed by atoms with Gasteiger partial charge in [-0.15, -0.1) is 0 Å². The van der Waals surface area contributed by atoms with Gasteiger partial charge in [-0.1, -0.05) is 58.6 Å². The summed E-state index contributed by atoms with van der Waals surface area (Å²) in [7, 11) is -2.52. The Bertz CT molecular complexity index is 1360. The zero-order chi connectivity index (χ0) is 24.2. The second-order valence-corrected chi connectivity index (χ2v) is 10.1. The number of sulfone groups is 1. The van der Waals surface area contributed by atoms with E-state index >= 15 is 0 Å². The molecular weight excluding hydrogens is 505 g/mol. The predicted octanol–water partition coefficient (Wildman–Crippen LogP) is 6.88. The van der Waals surface area contributed by atoms with Crippen molar-refractivity contribution in [3.05, 3.63) is 91.3 Å². The Balaban J connectivity index is 1.90. The van der Waals surface area contributed by atoms with Gasteiger partial charge in [-0.05, 0) is 55.0 Å². The quantitative estimate of drug-likeness (QED) is 0.250. The smallest absolute Gasteiger partial charge is 0.216 e. The number of nitrogens with zero attached hydrogens (tertiary/aromatic N) is 1. The molecule has 0 saturated carbocycles. The second-order valence-electron chi connectivity index (χ2n) is 6.96. The van der Waals surface area contributed by atoms with E-state index in [1.807, 2.05) is 6.92 Å². The van der Waals surface area contributed by atoms with Gasteiger partial charge in [0, 0.05) is 10.6 Å². The summed E-state index contributed by atoms with van der Waals surface area (Å²) in [6, 6.07) is 16.1. The molecule has 5 nitrogen and oxygen atoms in total. The fourth-order valence-corrected chi connectivity index (χ4v) is 4.73. The van der Waals surface area contributed by atoms with Crippen molar-refractivity contribution in [2.45, 2.75) is 18.4 Å². The van der Waals surface area contributed by atoms with E-state index in [4.69, 9.17) is 44.3 Å². The molecule has 0 fully saturated rings. The summed E-state index contributed by atoms with van der Waals surface area (Å²) in [5.41, 5.74) is 1.88. The molecule has 3 aromatic rings. The number of halogens is 3. The van der Waals surface area contributed by atoms with Crippen LogP contribution in [0.1, 0.15) is 16.7 Å². The van der Waals surface area contributed by atoms with Crippen molar-refractivity contribution in [3.8, 4) is 17.6 Å². The summed E-state index contributed by atoms with van der Waals surface area (Å²) in [6.07, 6.45) is 1.28. The maximum absolute atomic E-state index is 12.9. The molecule has 0 amide bonds. The lowest BCUT2D eigenvalue weighted by Crippen LogP contribution is -2.03. The van der Waals surface area contributed by atoms with Crippen LogP contribution >= 0.6 is 34.8 Å². The molecule has 0 spiro atoms. The van der Waals surface area contributed by atoms with E-state index in [0.717, 1.165) is 5.56 Å². The summed E-state index contributed by atoms with van der Waals surface area (Å²) >= 11 is 18.5. The molecule has 0 bridgehead atoms. The molecule has 3 aromatic carbocycles. The molecule has 0 saturated heterocycles. The molecule has 0 aliphatic rings. The lowest BCUT2D eigenvalue weighted by Gasteiger charge is -2.14. The highest BCUT2D eigenvalue weighted by Crippen LogP contribution is 2.35. The number of hydrogen-bond donors (Lipinski definition) is 0. The van der Waals surface area contributed by atoms with Crippen LogP contribution in [0.3, 0.4) is 0 Å². The number of aryl methyl sites for hydroxylation is 1. The fourth-order valence-electron chi connectivity index (χ4n) is 2.91. The molecule has 9 heteroatoms. The molecule has 0 N–H and O–H groups in total. The summed E-state index contributed by atoms with van der Waals surface area (Å²) in [5.74, 6) is 0.713. The van der Waals surface area contributed by atoms with Crippen LogP contribution in [0.25, 0.3) is 6.08 Å². The molecule has 3 rings (SSSR count). The SMILES string of the molecule is COc1cc(C=C(C#N)S(=O)(=O)c2ccc(C)cc2)ccc1OCc1c(Cl)ccc(Cl)c1Cl. The topological polar surface area (TPSA) is 76.4 Å². The molecule has 0 unspecified atom stereocenters. The third-order valence-electron chi connectivity index (χ3n) is 4.73. The highest BCUT2D eigenvalue weighted by Gasteiger charge is 2.21.